The first-order chi connectivity index (χ1) is 12.5. The van der Waals surface area contributed by atoms with Gasteiger partial charge in [0.05, 0.1) is 12.6 Å². The van der Waals surface area contributed by atoms with Gasteiger partial charge in [0, 0.05) is 22.6 Å². The van der Waals surface area contributed by atoms with Crippen LogP contribution in [0.5, 0.6) is 5.88 Å². The SMILES string of the molecule is COc1nc2ccccc2cc1-c1cccc(C(=O)N[C@H](C)C(C)C)c1. The van der Waals surface area contributed by atoms with E-state index in [9.17, 15) is 4.79 Å². The van der Waals surface area contributed by atoms with Crippen LogP contribution in [-0.2, 0) is 0 Å². The second-order valence-corrected chi connectivity index (χ2v) is 6.82. The van der Waals surface area contributed by atoms with Gasteiger partial charge in [-0.3, -0.25) is 4.79 Å². The van der Waals surface area contributed by atoms with E-state index < -0.39 is 0 Å². The molecule has 0 saturated carbocycles. The molecule has 0 radical (unpaired) electrons. The second-order valence-electron chi connectivity index (χ2n) is 6.82. The van der Waals surface area contributed by atoms with Gasteiger partial charge in [0.2, 0.25) is 5.88 Å². The molecule has 3 aromatic rings. The molecule has 4 heteroatoms. The van der Waals surface area contributed by atoms with E-state index in [-0.39, 0.29) is 11.9 Å². The number of rotatable bonds is 5. The number of nitrogens with zero attached hydrogens (tertiary/aromatic N) is 1. The van der Waals surface area contributed by atoms with Crippen LogP contribution in [0.1, 0.15) is 31.1 Å². The lowest BCUT2D eigenvalue weighted by Crippen LogP contribution is -2.36. The number of hydrogen-bond acceptors (Lipinski definition) is 3. The van der Waals surface area contributed by atoms with Crippen LogP contribution in [0, 0.1) is 5.92 Å². The summed E-state index contributed by atoms with van der Waals surface area (Å²) >= 11 is 0. The Kier molecular flexibility index (Phi) is 5.21. The molecule has 134 valence electrons. The van der Waals surface area contributed by atoms with Crippen LogP contribution in [-0.4, -0.2) is 24.0 Å². The maximum atomic E-state index is 12.6. The maximum absolute atomic E-state index is 12.6. The third-order valence-corrected chi connectivity index (χ3v) is 4.68. The first kappa shape index (κ1) is 17.9. The number of ether oxygens (including phenoxy) is 1. The van der Waals surface area contributed by atoms with Crippen molar-refractivity contribution < 1.29 is 9.53 Å². The number of hydrogen-bond donors (Lipinski definition) is 1. The fourth-order valence-electron chi connectivity index (χ4n) is 2.75. The van der Waals surface area contributed by atoms with Gasteiger partial charge in [-0.15, -0.1) is 0 Å². The van der Waals surface area contributed by atoms with E-state index >= 15 is 0 Å². The predicted octanol–water partition coefficient (Wildman–Crippen LogP) is 4.68. The summed E-state index contributed by atoms with van der Waals surface area (Å²) in [6.07, 6.45) is 0. The number of pyridine rings is 1. The van der Waals surface area contributed by atoms with Crippen molar-refractivity contribution >= 4 is 16.8 Å². The molecule has 1 N–H and O–H groups in total. The summed E-state index contributed by atoms with van der Waals surface area (Å²) in [6.45, 7) is 6.20. The summed E-state index contributed by atoms with van der Waals surface area (Å²) in [5, 5.41) is 4.08. The molecular weight excluding hydrogens is 324 g/mol. The lowest BCUT2D eigenvalue weighted by atomic mass is 10.0. The summed E-state index contributed by atoms with van der Waals surface area (Å²) < 4.78 is 5.49. The second kappa shape index (κ2) is 7.56. The lowest BCUT2D eigenvalue weighted by Gasteiger charge is -2.17. The van der Waals surface area contributed by atoms with Crippen LogP contribution in [0.3, 0.4) is 0 Å². The zero-order valence-corrected chi connectivity index (χ0v) is 15.6. The van der Waals surface area contributed by atoms with E-state index in [0.717, 1.165) is 22.0 Å². The number of fused-ring (bicyclic) bond motifs is 1. The highest BCUT2D eigenvalue weighted by Gasteiger charge is 2.15. The number of methoxy groups -OCH3 is 1. The molecule has 0 fully saturated rings. The normalized spacial score (nSPS) is 12.2. The van der Waals surface area contributed by atoms with Gasteiger partial charge in [-0.1, -0.05) is 44.2 Å². The average molecular weight is 348 g/mol. The van der Waals surface area contributed by atoms with Gasteiger partial charge in [0.15, 0.2) is 0 Å². The van der Waals surface area contributed by atoms with Gasteiger partial charge >= 0.3 is 0 Å². The number of aromatic nitrogens is 1. The molecule has 1 amide bonds. The monoisotopic (exact) mass is 348 g/mol. The fourth-order valence-corrected chi connectivity index (χ4v) is 2.75. The molecule has 0 unspecified atom stereocenters. The van der Waals surface area contributed by atoms with Crippen molar-refractivity contribution in [1.29, 1.82) is 0 Å². The quantitative estimate of drug-likeness (QED) is 0.728. The molecule has 0 aliphatic carbocycles. The molecule has 0 aliphatic rings. The Bertz CT molecular complexity index is 934. The lowest BCUT2D eigenvalue weighted by molar-refractivity contribution is 0.0930. The Balaban J connectivity index is 2.00. The molecule has 1 heterocycles. The van der Waals surface area contributed by atoms with Crippen molar-refractivity contribution in [3.63, 3.8) is 0 Å². The predicted molar refractivity (Wildman–Crippen MR) is 105 cm³/mol. The van der Waals surface area contributed by atoms with Gasteiger partial charge in [-0.25, -0.2) is 4.98 Å². The largest absolute Gasteiger partial charge is 0.481 e. The van der Waals surface area contributed by atoms with Crippen molar-refractivity contribution in [2.75, 3.05) is 7.11 Å². The van der Waals surface area contributed by atoms with Crippen LogP contribution in [0.4, 0.5) is 0 Å². The van der Waals surface area contributed by atoms with Crippen LogP contribution in [0.2, 0.25) is 0 Å². The smallest absolute Gasteiger partial charge is 0.251 e. The standard InChI is InChI=1S/C22H24N2O2/c1-14(2)15(3)23-21(25)18-10-7-9-16(12-18)19-13-17-8-5-6-11-20(17)24-22(19)26-4/h5-15H,1-4H3,(H,23,25)/t15-/m1/s1. The van der Waals surface area contributed by atoms with Crippen molar-refractivity contribution in [3.8, 4) is 17.0 Å². The summed E-state index contributed by atoms with van der Waals surface area (Å²) in [5.74, 6) is 0.865. The van der Waals surface area contributed by atoms with Crippen molar-refractivity contribution in [2.24, 2.45) is 5.92 Å². The minimum Gasteiger partial charge on any atom is -0.481 e. The zero-order chi connectivity index (χ0) is 18.7. The molecule has 1 aromatic heterocycles. The third-order valence-electron chi connectivity index (χ3n) is 4.68. The van der Waals surface area contributed by atoms with E-state index in [2.05, 4.69) is 30.2 Å². The Labute approximate surface area is 154 Å². The number of benzene rings is 2. The molecule has 0 aliphatic heterocycles. The maximum Gasteiger partial charge on any atom is 0.251 e. The van der Waals surface area contributed by atoms with Crippen molar-refractivity contribution in [2.45, 2.75) is 26.8 Å². The number of nitrogens with one attached hydrogen (secondary N) is 1. The molecule has 0 spiro atoms. The molecule has 0 bridgehead atoms. The summed E-state index contributed by atoms with van der Waals surface area (Å²) in [5.41, 5.74) is 3.29. The van der Waals surface area contributed by atoms with Crippen molar-refractivity contribution in [1.82, 2.24) is 10.3 Å². The molecule has 3 rings (SSSR count). The molecule has 0 saturated heterocycles. The Morgan fingerprint density at radius 3 is 2.54 bits per heavy atom. The molecule has 26 heavy (non-hydrogen) atoms. The van der Waals surface area contributed by atoms with E-state index in [1.807, 2.05) is 55.5 Å². The van der Waals surface area contributed by atoms with Crippen LogP contribution in [0.15, 0.2) is 54.6 Å². The average Bonchev–Trinajstić information content (AvgIpc) is 2.66. The highest BCUT2D eigenvalue weighted by Crippen LogP contribution is 2.32. The molecular formula is C22H24N2O2. The van der Waals surface area contributed by atoms with E-state index in [4.69, 9.17) is 4.74 Å². The Hall–Kier alpha value is -2.88. The van der Waals surface area contributed by atoms with Crippen LogP contribution >= 0.6 is 0 Å². The Morgan fingerprint density at radius 1 is 1.04 bits per heavy atom. The number of carbonyl (C=O) groups excluding carboxylic acids is 1. The number of carbonyl (C=O) groups is 1. The topological polar surface area (TPSA) is 51.2 Å². The van der Waals surface area contributed by atoms with Crippen molar-refractivity contribution in [3.05, 3.63) is 60.2 Å². The van der Waals surface area contributed by atoms with Gasteiger partial charge in [0.1, 0.15) is 0 Å². The van der Waals surface area contributed by atoms with Gasteiger partial charge in [0.25, 0.3) is 5.91 Å². The van der Waals surface area contributed by atoms with Crippen LogP contribution in [0.25, 0.3) is 22.0 Å². The van der Waals surface area contributed by atoms with E-state index in [0.29, 0.717) is 17.4 Å². The first-order valence-electron chi connectivity index (χ1n) is 8.84. The van der Waals surface area contributed by atoms with Gasteiger partial charge in [-0.05, 0) is 42.7 Å². The highest BCUT2D eigenvalue weighted by atomic mass is 16.5. The van der Waals surface area contributed by atoms with Crippen LogP contribution < -0.4 is 10.1 Å². The summed E-state index contributed by atoms with van der Waals surface area (Å²) in [7, 11) is 1.61. The zero-order valence-electron chi connectivity index (χ0n) is 15.6. The van der Waals surface area contributed by atoms with E-state index in [1.54, 1.807) is 7.11 Å². The molecule has 4 nitrogen and oxygen atoms in total. The minimum atomic E-state index is -0.0687. The molecule has 1 atom stereocenters. The van der Waals surface area contributed by atoms with Gasteiger partial charge < -0.3 is 10.1 Å². The molecule has 2 aromatic carbocycles. The summed E-state index contributed by atoms with van der Waals surface area (Å²) in [4.78, 5) is 17.1. The van der Waals surface area contributed by atoms with Gasteiger partial charge in [-0.2, -0.15) is 0 Å². The Morgan fingerprint density at radius 2 is 1.81 bits per heavy atom. The number of amides is 1. The summed E-state index contributed by atoms with van der Waals surface area (Å²) in [6, 6.07) is 17.6. The first-order valence-corrected chi connectivity index (χ1v) is 8.84. The number of para-hydroxylation sites is 1. The fraction of sp³-hybridized carbons (Fsp3) is 0.273. The highest BCUT2D eigenvalue weighted by molar-refractivity contribution is 5.96. The third kappa shape index (κ3) is 3.69. The minimum absolute atomic E-state index is 0.0687. The van der Waals surface area contributed by atoms with E-state index in [1.165, 1.54) is 0 Å².